The van der Waals surface area contributed by atoms with Gasteiger partial charge in [-0.3, -0.25) is 0 Å². The Morgan fingerprint density at radius 1 is 1.00 bits per heavy atom. The average Bonchev–Trinajstić information content (AvgIpc) is 2.34. The maximum Gasteiger partial charge on any atom is 0.323 e. The van der Waals surface area contributed by atoms with Gasteiger partial charge in [-0.2, -0.15) is 0 Å². The Hall–Kier alpha value is -1.91. The highest BCUT2D eigenvalue weighted by molar-refractivity contribution is 6.33. The van der Waals surface area contributed by atoms with E-state index in [0.29, 0.717) is 27.1 Å². The summed E-state index contributed by atoms with van der Waals surface area (Å²) in [6.07, 6.45) is 0. The van der Waals surface area contributed by atoms with Crippen molar-refractivity contribution in [3.8, 4) is 0 Å². The van der Waals surface area contributed by atoms with Gasteiger partial charge in [-0.15, -0.1) is 0 Å². The van der Waals surface area contributed by atoms with Crippen LogP contribution >= 0.6 is 23.2 Å². The molecule has 4 nitrogen and oxygen atoms in total. The Bertz CT molecular complexity index is 617. The Balaban J connectivity index is 2.03. The van der Waals surface area contributed by atoms with Crippen LogP contribution in [0.4, 0.5) is 21.9 Å². The lowest BCUT2D eigenvalue weighted by molar-refractivity contribution is 0.262. The van der Waals surface area contributed by atoms with Crippen molar-refractivity contribution >= 4 is 46.3 Å². The fourth-order valence-electron chi connectivity index (χ4n) is 1.46. The number of hydrogen-bond donors (Lipinski definition) is 3. The molecule has 0 bridgehead atoms. The standard InChI is InChI=1S/C13H11Cl2N3O/c14-8-2-1-3-9(6-8)17-13(19)18-10-4-5-12(16)11(15)7-10/h1-7H,16H2,(H2,17,18,19). The van der Waals surface area contributed by atoms with Crippen LogP contribution in [0.2, 0.25) is 10.0 Å². The molecule has 0 unspecified atom stereocenters. The second-order valence-corrected chi connectivity index (χ2v) is 4.67. The van der Waals surface area contributed by atoms with E-state index >= 15 is 0 Å². The summed E-state index contributed by atoms with van der Waals surface area (Å²) in [6, 6.07) is 11.3. The maximum atomic E-state index is 11.7. The molecule has 2 amide bonds. The van der Waals surface area contributed by atoms with Crippen LogP contribution in [0.15, 0.2) is 42.5 Å². The molecular formula is C13H11Cl2N3O. The molecule has 0 fully saturated rings. The molecule has 98 valence electrons. The van der Waals surface area contributed by atoms with Crippen LogP contribution in [-0.4, -0.2) is 6.03 Å². The van der Waals surface area contributed by atoms with Crippen LogP contribution < -0.4 is 16.4 Å². The molecule has 0 aliphatic heterocycles. The highest BCUT2D eigenvalue weighted by Gasteiger charge is 2.04. The van der Waals surface area contributed by atoms with Gasteiger partial charge in [0, 0.05) is 16.4 Å². The zero-order chi connectivity index (χ0) is 13.8. The molecular weight excluding hydrogens is 285 g/mol. The molecule has 0 aliphatic carbocycles. The maximum absolute atomic E-state index is 11.7. The van der Waals surface area contributed by atoms with Crippen LogP contribution in [0.1, 0.15) is 0 Å². The first-order valence-corrected chi connectivity index (χ1v) is 6.19. The Labute approximate surface area is 120 Å². The van der Waals surface area contributed by atoms with Crippen molar-refractivity contribution in [2.75, 3.05) is 16.4 Å². The van der Waals surface area contributed by atoms with E-state index in [1.807, 2.05) is 0 Å². The molecule has 2 aromatic carbocycles. The number of carbonyl (C=O) groups excluding carboxylic acids is 1. The molecule has 0 saturated carbocycles. The van der Waals surface area contributed by atoms with Crippen molar-refractivity contribution in [1.82, 2.24) is 0 Å². The topological polar surface area (TPSA) is 67.1 Å². The molecule has 0 radical (unpaired) electrons. The summed E-state index contributed by atoms with van der Waals surface area (Å²) in [7, 11) is 0. The molecule has 2 aromatic rings. The van der Waals surface area contributed by atoms with E-state index < -0.39 is 0 Å². The van der Waals surface area contributed by atoms with Crippen LogP contribution in [0.25, 0.3) is 0 Å². The lowest BCUT2D eigenvalue weighted by Gasteiger charge is -2.08. The first-order valence-electron chi connectivity index (χ1n) is 5.43. The third kappa shape index (κ3) is 3.77. The van der Waals surface area contributed by atoms with Gasteiger partial charge in [0.05, 0.1) is 10.7 Å². The van der Waals surface area contributed by atoms with Crippen LogP contribution in [0.5, 0.6) is 0 Å². The zero-order valence-corrected chi connectivity index (χ0v) is 11.3. The molecule has 0 atom stereocenters. The van der Waals surface area contributed by atoms with Gasteiger partial charge in [0.1, 0.15) is 0 Å². The van der Waals surface area contributed by atoms with Crippen molar-refractivity contribution in [1.29, 1.82) is 0 Å². The normalized spacial score (nSPS) is 10.0. The largest absolute Gasteiger partial charge is 0.398 e. The smallest absolute Gasteiger partial charge is 0.323 e. The Morgan fingerprint density at radius 3 is 2.32 bits per heavy atom. The van der Waals surface area contributed by atoms with E-state index in [-0.39, 0.29) is 6.03 Å². The molecule has 2 rings (SSSR count). The first kappa shape index (κ1) is 13.5. The Kier molecular flexibility index (Phi) is 4.14. The third-order valence-electron chi connectivity index (χ3n) is 2.34. The van der Waals surface area contributed by atoms with E-state index in [1.54, 1.807) is 42.5 Å². The Morgan fingerprint density at radius 2 is 1.68 bits per heavy atom. The molecule has 4 N–H and O–H groups in total. The zero-order valence-electron chi connectivity index (χ0n) is 9.78. The van der Waals surface area contributed by atoms with E-state index in [9.17, 15) is 4.79 Å². The number of nitrogens with one attached hydrogen (secondary N) is 2. The molecule has 0 saturated heterocycles. The summed E-state index contributed by atoms with van der Waals surface area (Å²) in [6.45, 7) is 0. The fourth-order valence-corrected chi connectivity index (χ4v) is 1.84. The number of anilines is 3. The summed E-state index contributed by atoms with van der Waals surface area (Å²) in [5.74, 6) is 0. The lowest BCUT2D eigenvalue weighted by Crippen LogP contribution is -2.19. The van der Waals surface area contributed by atoms with Gasteiger partial charge in [0.25, 0.3) is 0 Å². The third-order valence-corrected chi connectivity index (χ3v) is 2.90. The second kappa shape index (κ2) is 5.82. The minimum absolute atomic E-state index is 0.386. The van der Waals surface area contributed by atoms with Gasteiger partial charge in [0.15, 0.2) is 0 Å². The predicted octanol–water partition coefficient (Wildman–Crippen LogP) is 4.22. The number of urea groups is 1. The summed E-state index contributed by atoms with van der Waals surface area (Å²) >= 11 is 11.7. The van der Waals surface area contributed by atoms with Gasteiger partial charge >= 0.3 is 6.03 Å². The van der Waals surface area contributed by atoms with Gasteiger partial charge in [-0.05, 0) is 36.4 Å². The molecule has 0 spiro atoms. The number of halogens is 2. The van der Waals surface area contributed by atoms with E-state index in [2.05, 4.69) is 10.6 Å². The van der Waals surface area contributed by atoms with Crippen molar-refractivity contribution in [3.05, 3.63) is 52.5 Å². The first-order chi connectivity index (χ1) is 9.04. The molecule has 0 aromatic heterocycles. The van der Waals surface area contributed by atoms with Crippen molar-refractivity contribution < 1.29 is 4.79 Å². The van der Waals surface area contributed by atoms with Gasteiger partial charge < -0.3 is 16.4 Å². The highest BCUT2D eigenvalue weighted by atomic mass is 35.5. The highest BCUT2D eigenvalue weighted by Crippen LogP contribution is 2.22. The molecule has 0 heterocycles. The number of nitrogen functional groups attached to an aromatic ring is 1. The second-order valence-electron chi connectivity index (χ2n) is 3.83. The SMILES string of the molecule is Nc1ccc(NC(=O)Nc2cccc(Cl)c2)cc1Cl. The van der Waals surface area contributed by atoms with Gasteiger partial charge in [-0.1, -0.05) is 29.3 Å². The summed E-state index contributed by atoms with van der Waals surface area (Å²) in [5, 5.41) is 6.24. The monoisotopic (exact) mass is 295 g/mol. The van der Waals surface area contributed by atoms with Gasteiger partial charge in [0.2, 0.25) is 0 Å². The number of nitrogens with two attached hydrogens (primary N) is 1. The lowest BCUT2D eigenvalue weighted by atomic mass is 10.3. The summed E-state index contributed by atoms with van der Waals surface area (Å²) < 4.78 is 0. The number of rotatable bonds is 2. The minimum Gasteiger partial charge on any atom is -0.398 e. The van der Waals surface area contributed by atoms with Crippen molar-refractivity contribution in [3.63, 3.8) is 0 Å². The minimum atomic E-state index is -0.386. The van der Waals surface area contributed by atoms with E-state index in [4.69, 9.17) is 28.9 Å². The molecule has 0 aliphatic rings. The average molecular weight is 296 g/mol. The fraction of sp³-hybridized carbons (Fsp3) is 0. The van der Waals surface area contributed by atoms with E-state index in [1.165, 1.54) is 0 Å². The molecule has 6 heteroatoms. The van der Waals surface area contributed by atoms with Crippen molar-refractivity contribution in [2.45, 2.75) is 0 Å². The van der Waals surface area contributed by atoms with Crippen LogP contribution in [0.3, 0.4) is 0 Å². The summed E-state index contributed by atoms with van der Waals surface area (Å²) in [5.41, 5.74) is 7.20. The number of amides is 2. The van der Waals surface area contributed by atoms with E-state index in [0.717, 1.165) is 0 Å². The predicted molar refractivity (Wildman–Crippen MR) is 80.0 cm³/mol. The molecule has 19 heavy (non-hydrogen) atoms. The number of benzene rings is 2. The van der Waals surface area contributed by atoms with Crippen molar-refractivity contribution in [2.24, 2.45) is 0 Å². The summed E-state index contributed by atoms with van der Waals surface area (Å²) in [4.78, 5) is 11.7. The van der Waals surface area contributed by atoms with Crippen LogP contribution in [0, 0.1) is 0 Å². The number of carbonyl (C=O) groups is 1. The number of hydrogen-bond acceptors (Lipinski definition) is 2. The van der Waals surface area contributed by atoms with Crippen LogP contribution in [-0.2, 0) is 0 Å². The quantitative estimate of drug-likeness (QED) is 0.726. The van der Waals surface area contributed by atoms with Gasteiger partial charge in [-0.25, -0.2) is 4.79 Å².